The van der Waals surface area contributed by atoms with Crippen molar-refractivity contribution >= 4 is 17.2 Å². The molecule has 2 aliphatic rings. The summed E-state index contributed by atoms with van der Waals surface area (Å²) in [5.74, 6) is 0.103. The highest BCUT2D eigenvalue weighted by atomic mass is 32.1. The Morgan fingerprint density at radius 1 is 1.43 bits per heavy atom. The molecule has 1 fully saturated rings. The Hall–Kier alpha value is -1.95. The first-order chi connectivity index (χ1) is 11.2. The summed E-state index contributed by atoms with van der Waals surface area (Å²) in [5, 5.41) is 3.06. The molecule has 1 amide bonds. The maximum atomic E-state index is 13.8. The molecule has 1 saturated heterocycles. The minimum Gasteiger partial charge on any atom is -0.477 e. The predicted octanol–water partition coefficient (Wildman–Crippen LogP) is 2.99. The van der Waals surface area contributed by atoms with Crippen LogP contribution in [0, 0.1) is 5.82 Å². The highest BCUT2D eigenvalue weighted by Gasteiger charge is 2.36. The number of likely N-dealkylation sites (tertiary alicyclic amines) is 1. The third-order valence-electron chi connectivity index (χ3n) is 4.52. The molecule has 0 unspecified atom stereocenters. The average molecular weight is 332 g/mol. The van der Waals surface area contributed by atoms with Crippen molar-refractivity contribution in [2.45, 2.75) is 31.3 Å². The molecule has 2 aromatic rings. The summed E-state index contributed by atoms with van der Waals surface area (Å²) >= 11 is 1.64. The number of ether oxygens (including phenoxy) is 1. The van der Waals surface area contributed by atoms with Crippen LogP contribution < -0.4 is 4.74 Å². The van der Waals surface area contributed by atoms with Crippen LogP contribution in [0.15, 0.2) is 29.8 Å². The fourth-order valence-electron chi connectivity index (χ4n) is 3.39. The van der Waals surface area contributed by atoms with Crippen LogP contribution in [0.25, 0.3) is 0 Å². The van der Waals surface area contributed by atoms with Crippen LogP contribution in [0.4, 0.5) is 4.39 Å². The van der Waals surface area contributed by atoms with Crippen molar-refractivity contribution < 1.29 is 13.9 Å². The third-order valence-corrected chi connectivity index (χ3v) is 5.46. The molecule has 2 aliphatic heterocycles. The number of rotatable bonds is 2. The predicted molar refractivity (Wildman–Crippen MR) is 85.2 cm³/mol. The molecule has 6 heteroatoms. The number of hydrogen-bond acceptors (Lipinski definition) is 4. The number of aromatic nitrogens is 1. The lowest BCUT2D eigenvalue weighted by Gasteiger charge is -2.33. The molecule has 0 saturated carbocycles. The van der Waals surface area contributed by atoms with E-state index in [1.54, 1.807) is 23.6 Å². The van der Waals surface area contributed by atoms with E-state index in [0.29, 0.717) is 18.9 Å². The van der Waals surface area contributed by atoms with Crippen molar-refractivity contribution in [3.8, 4) is 5.75 Å². The second-order valence-corrected chi connectivity index (χ2v) is 6.96. The molecule has 1 aromatic heterocycles. The first-order valence-corrected chi connectivity index (χ1v) is 8.72. The highest BCUT2D eigenvalue weighted by Crippen LogP contribution is 2.33. The van der Waals surface area contributed by atoms with E-state index in [0.717, 1.165) is 30.0 Å². The zero-order chi connectivity index (χ0) is 15.8. The summed E-state index contributed by atoms with van der Waals surface area (Å²) in [6.45, 7) is 1.41. The molecule has 0 radical (unpaired) electrons. The van der Waals surface area contributed by atoms with Gasteiger partial charge in [-0.3, -0.25) is 4.79 Å². The second kappa shape index (κ2) is 5.92. The number of halogens is 1. The Morgan fingerprint density at radius 3 is 3.13 bits per heavy atom. The molecule has 23 heavy (non-hydrogen) atoms. The molecule has 1 aromatic carbocycles. The van der Waals surface area contributed by atoms with Gasteiger partial charge in [0.15, 0.2) is 17.7 Å². The van der Waals surface area contributed by atoms with Crippen molar-refractivity contribution in [2.75, 3.05) is 13.1 Å². The minimum atomic E-state index is -0.600. The van der Waals surface area contributed by atoms with Gasteiger partial charge in [-0.15, -0.1) is 11.3 Å². The van der Waals surface area contributed by atoms with Gasteiger partial charge in [0, 0.05) is 42.6 Å². The van der Waals surface area contributed by atoms with Gasteiger partial charge in [0.1, 0.15) is 0 Å². The van der Waals surface area contributed by atoms with E-state index in [-0.39, 0.29) is 11.7 Å². The van der Waals surface area contributed by atoms with Gasteiger partial charge in [0.05, 0.1) is 5.01 Å². The number of hydrogen-bond donors (Lipinski definition) is 0. The number of piperidine rings is 1. The van der Waals surface area contributed by atoms with Crippen molar-refractivity contribution in [1.82, 2.24) is 9.88 Å². The van der Waals surface area contributed by atoms with Gasteiger partial charge >= 0.3 is 0 Å². The molecule has 4 nitrogen and oxygen atoms in total. The van der Waals surface area contributed by atoms with Crippen molar-refractivity contribution in [2.24, 2.45) is 0 Å². The number of thiazole rings is 1. The zero-order valence-corrected chi connectivity index (χ0v) is 13.4. The number of fused-ring (bicyclic) bond motifs is 1. The van der Waals surface area contributed by atoms with Crippen LogP contribution in [0.2, 0.25) is 0 Å². The lowest BCUT2D eigenvalue weighted by molar-refractivity contribution is -0.139. The van der Waals surface area contributed by atoms with Gasteiger partial charge in [0.2, 0.25) is 0 Å². The summed E-state index contributed by atoms with van der Waals surface area (Å²) in [7, 11) is 0. The molecule has 120 valence electrons. The molecular formula is C17H17FN2O2S. The zero-order valence-electron chi connectivity index (χ0n) is 12.6. The van der Waals surface area contributed by atoms with Crippen molar-refractivity contribution in [3.63, 3.8) is 0 Å². The average Bonchev–Trinajstić information content (AvgIpc) is 3.24. The van der Waals surface area contributed by atoms with Crippen LogP contribution in [0.3, 0.4) is 0 Å². The molecule has 4 rings (SSSR count). The van der Waals surface area contributed by atoms with Gasteiger partial charge in [0.25, 0.3) is 5.91 Å². The quantitative estimate of drug-likeness (QED) is 0.849. The van der Waals surface area contributed by atoms with Gasteiger partial charge in [-0.05, 0) is 18.9 Å². The van der Waals surface area contributed by atoms with Crippen LogP contribution >= 0.6 is 11.3 Å². The number of carbonyl (C=O) groups is 1. The maximum Gasteiger partial charge on any atom is 0.264 e. The number of nitrogens with zero attached hydrogens (tertiary/aromatic N) is 2. The van der Waals surface area contributed by atoms with Gasteiger partial charge in [-0.25, -0.2) is 9.37 Å². The van der Waals surface area contributed by atoms with Crippen LogP contribution in [-0.2, 0) is 11.2 Å². The summed E-state index contributed by atoms with van der Waals surface area (Å²) < 4.78 is 19.4. The van der Waals surface area contributed by atoms with E-state index in [1.807, 2.05) is 16.3 Å². The van der Waals surface area contributed by atoms with E-state index in [9.17, 15) is 9.18 Å². The fraction of sp³-hybridized carbons (Fsp3) is 0.412. The fourth-order valence-corrected chi connectivity index (χ4v) is 4.15. The summed E-state index contributed by atoms with van der Waals surface area (Å²) in [6.07, 6.45) is 3.67. The molecule has 0 bridgehead atoms. The van der Waals surface area contributed by atoms with Gasteiger partial charge in [-0.2, -0.15) is 0 Å². The minimum absolute atomic E-state index is 0.0399. The van der Waals surface area contributed by atoms with E-state index in [1.165, 1.54) is 6.07 Å². The van der Waals surface area contributed by atoms with Gasteiger partial charge in [-0.1, -0.05) is 12.1 Å². The van der Waals surface area contributed by atoms with Crippen LogP contribution in [0.1, 0.15) is 29.3 Å². The standard InChI is InChI=1S/C17H17FN2O2S/c18-13-5-1-3-11-9-14(22-15(11)13)17(21)20-7-2-4-12(10-20)16-19-6-8-23-16/h1,3,5-6,8,12,14H,2,4,7,9-10H2/t12-,14-/m0/s1. The van der Waals surface area contributed by atoms with E-state index in [2.05, 4.69) is 4.98 Å². The van der Waals surface area contributed by atoms with E-state index < -0.39 is 11.9 Å². The van der Waals surface area contributed by atoms with E-state index >= 15 is 0 Å². The smallest absolute Gasteiger partial charge is 0.264 e. The number of para-hydroxylation sites is 1. The van der Waals surface area contributed by atoms with E-state index in [4.69, 9.17) is 4.74 Å². The third kappa shape index (κ3) is 2.72. The van der Waals surface area contributed by atoms with Crippen LogP contribution in [0.5, 0.6) is 5.75 Å². The Labute approximate surface area is 137 Å². The normalized spacial score (nSPS) is 23.4. The summed E-state index contributed by atoms with van der Waals surface area (Å²) in [4.78, 5) is 19.0. The molecule has 2 atom stereocenters. The number of carbonyl (C=O) groups excluding carboxylic acids is 1. The monoisotopic (exact) mass is 332 g/mol. The largest absolute Gasteiger partial charge is 0.477 e. The molecule has 3 heterocycles. The van der Waals surface area contributed by atoms with Crippen LogP contribution in [-0.4, -0.2) is 35.0 Å². The SMILES string of the molecule is O=C([C@@H]1Cc2cccc(F)c2O1)N1CCC[C@H](c2nccs2)C1. The van der Waals surface area contributed by atoms with Gasteiger partial charge < -0.3 is 9.64 Å². The lowest BCUT2D eigenvalue weighted by Crippen LogP contribution is -2.45. The Kier molecular flexibility index (Phi) is 3.77. The number of amides is 1. The Bertz CT molecular complexity index is 719. The van der Waals surface area contributed by atoms with Crippen molar-refractivity contribution in [1.29, 1.82) is 0 Å². The Morgan fingerprint density at radius 2 is 2.35 bits per heavy atom. The lowest BCUT2D eigenvalue weighted by atomic mass is 9.98. The summed E-state index contributed by atoms with van der Waals surface area (Å²) in [6, 6.07) is 4.84. The maximum absolute atomic E-state index is 13.8. The Balaban J connectivity index is 1.47. The first kappa shape index (κ1) is 14.6. The van der Waals surface area contributed by atoms with Crippen molar-refractivity contribution in [3.05, 3.63) is 46.2 Å². The molecular weight excluding hydrogens is 315 g/mol. The summed E-state index contributed by atoms with van der Waals surface area (Å²) in [5.41, 5.74) is 0.775. The first-order valence-electron chi connectivity index (χ1n) is 7.84. The molecule has 0 N–H and O–H groups in total. The number of benzene rings is 1. The second-order valence-electron chi connectivity index (χ2n) is 6.03. The topological polar surface area (TPSA) is 42.4 Å². The highest BCUT2D eigenvalue weighted by molar-refractivity contribution is 7.09. The molecule has 0 aliphatic carbocycles. The molecule has 0 spiro atoms.